The van der Waals surface area contributed by atoms with E-state index >= 15 is 0 Å². The topological polar surface area (TPSA) is 91.8 Å². The van der Waals surface area contributed by atoms with Gasteiger partial charge in [0, 0.05) is 19.6 Å². The van der Waals surface area contributed by atoms with Gasteiger partial charge in [0.15, 0.2) is 12.6 Å². The normalized spacial score (nSPS) is 12.7. The first kappa shape index (κ1) is 23.0. The molecule has 0 saturated heterocycles. The van der Waals surface area contributed by atoms with E-state index in [4.69, 9.17) is 0 Å². The van der Waals surface area contributed by atoms with Gasteiger partial charge in [-0.2, -0.15) is 13.2 Å². The Labute approximate surface area is 157 Å². The highest BCUT2D eigenvalue weighted by Gasteiger charge is 2.28. The van der Waals surface area contributed by atoms with Crippen LogP contribution in [-0.4, -0.2) is 53.1 Å². The first-order chi connectivity index (χ1) is 12.6. The Morgan fingerprint density at radius 2 is 1.81 bits per heavy atom. The van der Waals surface area contributed by atoms with Crippen LogP contribution in [0.15, 0.2) is 29.3 Å². The molecule has 0 aliphatic heterocycles. The Morgan fingerprint density at radius 1 is 1.15 bits per heavy atom. The lowest BCUT2D eigenvalue weighted by atomic mass is 10.2. The van der Waals surface area contributed by atoms with Crippen LogP contribution in [-0.2, 0) is 16.6 Å². The zero-order valence-electron chi connectivity index (χ0n) is 15.3. The largest absolute Gasteiger partial charge is 0.484 e. The summed E-state index contributed by atoms with van der Waals surface area (Å²) >= 11 is 0. The molecule has 0 aromatic heterocycles. The van der Waals surface area contributed by atoms with Crippen molar-refractivity contribution in [3.05, 3.63) is 29.8 Å². The van der Waals surface area contributed by atoms with E-state index in [1.807, 2.05) is 6.92 Å². The third-order valence-electron chi connectivity index (χ3n) is 3.10. The molecule has 1 aromatic rings. The third kappa shape index (κ3) is 12.1. The summed E-state index contributed by atoms with van der Waals surface area (Å²) in [6.45, 7) is 2.42. The molecule has 0 saturated carbocycles. The van der Waals surface area contributed by atoms with Gasteiger partial charge in [0.2, 0.25) is 10.0 Å². The molecule has 0 radical (unpaired) electrons. The summed E-state index contributed by atoms with van der Waals surface area (Å²) in [6.07, 6.45) is -2.68. The van der Waals surface area contributed by atoms with E-state index in [9.17, 15) is 21.6 Å². The number of aliphatic imine (C=N–C) groups is 1. The number of nitrogens with one attached hydrogen (secondary N) is 3. The van der Waals surface area contributed by atoms with E-state index in [0.29, 0.717) is 38.6 Å². The Morgan fingerprint density at radius 3 is 2.37 bits per heavy atom. The standard InChI is InChI=1S/C16H25F3N4O3S/c1-3-20-15(21-9-4-10-23-27(2,24)25)22-11-13-5-7-14(8-6-13)26-12-16(17,18)19/h5-8,23H,3-4,9-12H2,1-2H3,(H2,20,21,22). The molecule has 0 spiro atoms. The summed E-state index contributed by atoms with van der Waals surface area (Å²) in [5.74, 6) is 0.706. The molecule has 0 heterocycles. The van der Waals surface area contributed by atoms with Gasteiger partial charge in [0.1, 0.15) is 5.75 Å². The van der Waals surface area contributed by atoms with Crippen LogP contribution < -0.4 is 20.1 Å². The highest BCUT2D eigenvalue weighted by molar-refractivity contribution is 7.88. The number of rotatable bonds is 10. The molecular formula is C16H25F3N4O3S. The molecule has 0 bridgehead atoms. The molecule has 154 valence electrons. The molecule has 0 atom stereocenters. The monoisotopic (exact) mass is 410 g/mol. The van der Waals surface area contributed by atoms with E-state index in [1.54, 1.807) is 12.1 Å². The van der Waals surface area contributed by atoms with Gasteiger partial charge in [-0.15, -0.1) is 0 Å². The Bertz CT molecular complexity index is 692. The van der Waals surface area contributed by atoms with E-state index in [1.165, 1.54) is 12.1 Å². The first-order valence-corrected chi connectivity index (χ1v) is 10.2. The minimum Gasteiger partial charge on any atom is -0.484 e. The third-order valence-corrected chi connectivity index (χ3v) is 3.83. The minimum absolute atomic E-state index is 0.142. The van der Waals surface area contributed by atoms with Crippen LogP contribution in [0.4, 0.5) is 13.2 Å². The van der Waals surface area contributed by atoms with E-state index in [0.717, 1.165) is 11.8 Å². The summed E-state index contributed by atoms with van der Waals surface area (Å²) in [4.78, 5) is 4.38. The van der Waals surface area contributed by atoms with Crippen molar-refractivity contribution in [1.29, 1.82) is 0 Å². The molecule has 7 nitrogen and oxygen atoms in total. The number of hydrogen-bond donors (Lipinski definition) is 3. The van der Waals surface area contributed by atoms with Gasteiger partial charge in [-0.05, 0) is 31.0 Å². The predicted molar refractivity (Wildman–Crippen MR) is 98.3 cm³/mol. The van der Waals surface area contributed by atoms with Gasteiger partial charge in [-0.25, -0.2) is 18.1 Å². The fourth-order valence-corrected chi connectivity index (χ4v) is 2.44. The number of ether oxygens (including phenoxy) is 1. The Hall–Kier alpha value is -2.01. The summed E-state index contributed by atoms with van der Waals surface area (Å²) in [5, 5.41) is 6.14. The van der Waals surface area contributed by atoms with Crippen molar-refractivity contribution >= 4 is 16.0 Å². The van der Waals surface area contributed by atoms with Crippen molar-refractivity contribution in [2.45, 2.75) is 26.1 Å². The maximum Gasteiger partial charge on any atom is 0.422 e. The molecule has 0 unspecified atom stereocenters. The van der Waals surface area contributed by atoms with Crippen molar-refractivity contribution in [1.82, 2.24) is 15.4 Å². The number of guanidine groups is 1. The van der Waals surface area contributed by atoms with E-state index in [-0.39, 0.29) is 5.75 Å². The molecule has 0 aliphatic rings. The lowest BCUT2D eigenvalue weighted by molar-refractivity contribution is -0.153. The molecule has 0 aliphatic carbocycles. The highest BCUT2D eigenvalue weighted by Crippen LogP contribution is 2.19. The smallest absolute Gasteiger partial charge is 0.422 e. The quantitative estimate of drug-likeness (QED) is 0.310. The molecule has 0 fully saturated rings. The van der Waals surface area contributed by atoms with Crippen LogP contribution >= 0.6 is 0 Å². The van der Waals surface area contributed by atoms with Crippen LogP contribution in [0.5, 0.6) is 5.75 Å². The molecule has 27 heavy (non-hydrogen) atoms. The maximum absolute atomic E-state index is 12.1. The van der Waals surface area contributed by atoms with Crippen molar-refractivity contribution in [3.63, 3.8) is 0 Å². The zero-order chi connectivity index (χ0) is 20.3. The first-order valence-electron chi connectivity index (χ1n) is 8.34. The second-order valence-electron chi connectivity index (χ2n) is 5.69. The van der Waals surface area contributed by atoms with Gasteiger partial charge in [-0.3, -0.25) is 0 Å². The number of nitrogens with zero attached hydrogens (tertiary/aromatic N) is 1. The average Bonchev–Trinajstić information content (AvgIpc) is 2.56. The van der Waals surface area contributed by atoms with Crippen molar-refractivity contribution in [2.75, 3.05) is 32.5 Å². The number of sulfonamides is 1. The minimum atomic E-state index is -4.37. The fraction of sp³-hybridized carbons (Fsp3) is 0.562. The highest BCUT2D eigenvalue weighted by atomic mass is 32.2. The Kier molecular flexibility index (Phi) is 9.36. The average molecular weight is 410 g/mol. The van der Waals surface area contributed by atoms with Crippen molar-refractivity contribution in [3.8, 4) is 5.75 Å². The number of benzene rings is 1. The maximum atomic E-state index is 12.1. The summed E-state index contributed by atoms with van der Waals surface area (Å²) in [7, 11) is -3.19. The van der Waals surface area contributed by atoms with Gasteiger partial charge >= 0.3 is 6.18 Å². The van der Waals surface area contributed by atoms with Crippen LogP contribution in [0.25, 0.3) is 0 Å². The molecule has 1 rings (SSSR count). The summed E-state index contributed by atoms with van der Waals surface area (Å²) in [6, 6.07) is 6.23. The SMILES string of the molecule is CCNC(=NCc1ccc(OCC(F)(F)F)cc1)NCCCNS(C)(=O)=O. The Balaban J connectivity index is 2.47. The van der Waals surface area contributed by atoms with Gasteiger partial charge < -0.3 is 15.4 Å². The predicted octanol–water partition coefficient (Wildman–Crippen LogP) is 1.62. The van der Waals surface area contributed by atoms with Gasteiger partial charge in [0.05, 0.1) is 12.8 Å². The van der Waals surface area contributed by atoms with Crippen molar-refractivity contribution in [2.24, 2.45) is 4.99 Å². The fourth-order valence-electron chi connectivity index (χ4n) is 1.92. The zero-order valence-corrected chi connectivity index (χ0v) is 16.1. The molecular weight excluding hydrogens is 385 g/mol. The second-order valence-corrected chi connectivity index (χ2v) is 7.52. The molecule has 0 amide bonds. The molecule has 11 heteroatoms. The van der Waals surface area contributed by atoms with Crippen LogP contribution in [0.3, 0.4) is 0 Å². The number of hydrogen-bond acceptors (Lipinski definition) is 4. The van der Waals surface area contributed by atoms with E-state index < -0.39 is 22.8 Å². The summed E-state index contributed by atoms with van der Waals surface area (Å²) in [5.41, 5.74) is 0.810. The van der Waals surface area contributed by atoms with Crippen LogP contribution in [0, 0.1) is 0 Å². The van der Waals surface area contributed by atoms with Gasteiger partial charge in [0.25, 0.3) is 0 Å². The van der Waals surface area contributed by atoms with Crippen LogP contribution in [0.2, 0.25) is 0 Å². The van der Waals surface area contributed by atoms with Crippen LogP contribution in [0.1, 0.15) is 18.9 Å². The van der Waals surface area contributed by atoms with E-state index in [2.05, 4.69) is 25.1 Å². The molecule has 1 aromatic carbocycles. The lowest BCUT2D eigenvalue weighted by Gasteiger charge is -2.12. The summed E-state index contributed by atoms with van der Waals surface area (Å²) < 4.78 is 65.4. The second kappa shape index (κ2) is 11.0. The van der Waals surface area contributed by atoms with Crippen molar-refractivity contribution < 1.29 is 26.3 Å². The number of halogens is 3. The van der Waals surface area contributed by atoms with Gasteiger partial charge in [-0.1, -0.05) is 12.1 Å². The number of alkyl halides is 3. The molecule has 3 N–H and O–H groups in total. The lowest BCUT2D eigenvalue weighted by Crippen LogP contribution is -2.38.